The molecule has 1 aliphatic rings. The fourth-order valence-corrected chi connectivity index (χ4v) is 4.08. The fourth-order valence-electron chi connectivity index (χ4n) is 2.76. The standard InChI is InChI=1S/C15H19BrClF/c1-10-7-12(14(17)9-15(10)18)13(16)8-11-5-3-2-4-6-11/h7,9,11,13H,2-6,8H2,1H3. The minimum Gasteiger partial charge on any atom is -0.207 e. The summed E-state index contributed by atoms with van der Waals surface area (Å²) in [4.78, 5) is 0.243. The van der Waals surface area contributed by atoms with Crippen molar-refractivity contribution in [3.8, 4) is 0 Å². The molecule has 0 spiro atoms. The Morgan fingerprint density at radius 1 is 1.33 bits per heavy atom. The number of hydrogen-bond acceptors (Lipinski definition) is 0. The molecular formula is C15H19BrClF. The molecule has 0 aromatic heterocycles. The van der Waals surface area contributed by atoms with Gasteiger partial charge in [-0.1, -0.05) is 65.7 Å². The highest BCUT2D eigenvalue weighted by Crippen LogP contribution is 2.39. The topological polar surface area (TPSA) is 0 Å². The lowest BCUT2D eigenvalue weighted by Crippen LogP contribution is -2.09. The molecule has 0 saturated heterocycles. The molecule has 1 aromatic carbocycles. The van der Waals surface area contributed by atoms with Crippen molar-refractivity contribution in [2.75, 3.05) is 0 Å². The highest BCUT2D eigenvalue weighted by atomic mass is 79.9. The van der Waals surface area contributed by atoms with E-state index in [0.717, 1.165) is 17.9 Å². The Labute approximate surface area is 122 Å². The van der Waals surface area contributed by atoms with E-state index in [-0.39, 0.29) is 10.6 Å². The minimum absolute atomic E-state index is 0.221. The van der Waals surface area contributed by atoms with Crippen molar-refractivity contribution < 1.29 is 4.39 Å². The number of alkyl halides is 1. The van der Waals surface area contributed by atoms with Gasteiger partial charge in [0.05, 0.1) is 0 Å². The van der Waals surface area contributed by atoms with Crippen LogP contribution in [0.5, 0.6) is 0 Å². The molecule has 1 aromatic rings. The lowest BCUT2D eigenvalue weighted by Gasteiger charge is -2.24. The van der Waals surface area contributed by atoms with E-state index in [2.05, 4.69) is 15.9 Å². The Morgan fingerprint density at radius 2 is 2.00 bits per heavy atom. The van der Waals surface area contributed by atoms with Gasteiger partial charge in [-0.15, -0.1) is 0 Å². The van der Waals surface area contributed by atoms with E-state index in [1.165, 1.54) is 38.2 Å². The smallest absolute Gasteiger partial charge is 0.127 e. The zero-order chi connectivity index (χ0) is 13.1. The maximum Gasteiger partial charge on any atom is 0.127 e. The third-order valence-electron chi connectivity index (χ3n) is 3.88. The van der Waals surface area contributed by atoms with Crippen LogP contribution in [0.25, 0.3) is 0 Å². The summed E-state index contributed by atoms with van der Waals surface area (Å²) in [5.74, 6) is 0.561. The molecule has 1 saturated carbocycles. The van der Waals surface area contributed by atoms with E-state index in [1.54, 1.807) is 6.92 Å². The minimum atomic E-state index is -0.221. The number of hydrogen-bond donors (Lipinski definition) is 0. The van der Waals surface area contributed by atoms with E-state index in [4.69, 9.17) is 11.6 Å². The molecule has 0 aliphatic heterocycles. The summed E-state index contributed by atoms with van der Waals surface area (Å²) >= 11 is 9.87. The van der Waals surface area contributed by atoms with Crippen LogP contribution < -0.4 is 0 Å². The summed E-state index contributed by atoms with van der Waals surface area (Å²) in [6, 6.07) is 3.31. The normalized spacial score (nSPS) is 18.9. The predicted octanol–water partition coefficient (Wildman–Crippen LogP) is 6.19. The van der Waals surface area contributed by atoms with Crippen molar-refractivity contribution in [3.63, 3.8) is 0 Å². The van der Waals surface area contributed by atoms with Crippen LogP contribution in [0.15, 0.2) is 12.1 Å². The van der Waals surface area contributed by atoms with E-state index in [0.29, 0.717) is 10.6 Å². The van der Waals surface area contributed by atoms with E-state index in [9.17, 15) is 4.39 Å². The Kier molecular flexibility index (Phi) is 5.08. The van der Waals surface area contributed by atoms with Crippen LogP contribution in [0.4, 0.5) is 4.39 Å². The van der Waals surface area contributed by atoms with Gasteiger partial charge in [-0.05, 0) is 36.5 Å². The van der Waals surface area contributed by atoms with Gasteiger partial charge in [-0.2, -0.15) is 0 Å². The first-order chi connectivity index (χ1) is 8.58. The fraction of sp³-hybridized carbons (Fsp3) is 0.600. The Bertz CT molecular complexity index is 413. The Balaban J connectivity index is 2.08. The molecule has 0 radical (unpaired) electrons. The van der Waals surface area contributed by atoms with Crippen LogP contribution in [0.3, 0.4) is 0 Å². The zero-order valence-electron chi connectivity index (χ0n) is 10.7. The Hall–Kier alpha value is -0.0800. The lowest BCUT2D eigenvalue weighted by molar-refractivity contribution is 0.338. The van der Waals surface area contributed by atoms with Crippen LogP contribution in [0, 0.1) is 18.7 Å². The van der Waals surface area contributed by atoms with Crippen molar-refractivity contribution in [1.82, 2.24) is 0 Å². The van der Waals surface area contributed by atoms with Crippen LogP contribution in [0.1, 0.15) is 54.5 Å². The van der Waals surface area contributed by atoms with Crippen LogP contribution in [0.2, 0.25) is 5.02 Å². The molecule has 18 heavy (non-hydrogen) atoms. The van der Waals surface area contributed by atoms with E-state index < -0.39 is 0 Å². The number of benzene rings is 1. The second-order valence-electron chi connectivity index (χ2n) is 5.33. The molecule has 0 bridgehead atoms. The third kappa shape index (κ3) is 3.48. The molecule has 0 nitrogen and oxygen atoms in total. The second-order valence-corrected chi connectivity index (χ2v) is 6.84. The first-order valence-corrected chi connectivity index (χ1v) is 7.97. The van der Waals surface area contributed by atoms with E-state index in [1.807, 2.05) is 6.07 Å². The summed E-state index contributed by atoms with van der Waals surface area (Å²) in [5.41, 5.74) is 1.70. The Morgan fingerprint density at radius 3 is 2.67 bits per heavy atom. The quantitative estimate of drug-likeness (QED) is 0.578. The average molecular weight is 334 g/mol. The monoisotopic (exact) mass is 332 g/mol. The van der Waals surface area contributed by atoms with Crippen LogP contribution >= 0.6 is 27.5 Å². The average Bonchev–Trinajstić information content (AvgIpc) is 2.35. The molecule has 3 heteroatoms. The van der Waals surface area contributed by atoms with Crippen LogP contribution in [-0.4, -0.2) is 0 Å². The molecule has 100 valence electrons. The molecular weight excluding hydrogens is 315 g/mol. The molecule has 1 unspecified atom stereocenters. The highest BCUT2D eigenvalue weighted by molar-refractivity contribution is 9.09. The molecule has 0 amide bonds. The van der Waals surface area contributed by atoms with Crippen LogP contribution in [-0.2, 0) is 0 Å². The van der Waals surface area contributed by atoms with E-state index >= 15 is 0 Å². The SMILES string of the molecule is Cc1cc(C(Br)CC2CCCCC2)c(Cl)cc1F. The first kappa shape index (κ1) is 14.3. The molecule has 0 N–H and O–H groups in total. The van der Waals surface area contributed by atoms with Gasteiger partial charge >= 0.3 is 0 Å². The second kappa shape index (κ2) is 6.38. The van der Waals surface area contributed by atoms with Crippen molar-refractivity contribution in [1.29, 1.82) is 0 Å². The highest BCUT2D eigenvalue weighted by Gasteiger charge is 2.20. The molecule has 1 atom stereocenters. The first-order valence-electron chi connectivity index (χ1n) is 6.67. The number of aryl methyl sites for hydroxylation is 1. The van der Waals surface area contributed by atoms with Crippen molar-refractivity contribution >= 4 is 27.5 Å². The van der Waals surface area contributed by atoms with Gasteiger partial charge in [-0.25, -0.2) is 4.39 Å². The zero-order valence-corrected chi connectivity index (χ0v) is 13.0. The van der Waals surface area contributed by atoms with Gasteiger partial charge in [0.2, 0.25) is 0 Å². The molecule has 1 fully saturated rings. The van der Waals surface area contributed by atoms with Gasteiger partial charge in [-0.3, -0.25) is 0 Å². The molecule has 1 aliphatic carbocycles. The molecule has 0 heterocycles. The predicted molar refractivity (Wildman–Crippen MR) is 79.0 cm³/mol. The van der Waals surface area contributed by atoms with Gasteiger partial charge in [0.1, 0.15) is 5.82 Å². The maximum atomic E-state index is 13.4. The summed E-state index contributed by atoms with van der Waals surface area (Å²) in [6.07, 6.45) is 7.81. The van der Waals surface area contributed by atoms with Crippen molar-refractivity contribution in [3.05, 3.63) is 34.1 Å². The van der Waals surface area contributed by atoms with Gasteiger partial charge in [0.25, 0.3) is 0 Å². The maximum absolute atomic E-state index is 13.4. The van der Waals surface area contributed by atoms with Crippen molar-refractivity contribution in [2.45, 2.75) is 50.3 Å². The van der Waals surface area contributed by atoms with Crippen molar-refractivity contribution in [2.24, 2.45) is 5.92 Å². The lowest BCUT2D eigenvalue weighted by atomic mass is 9.85. The number of rotatable bonds is 3. The summed E-state index contributed by atoms with van der Waals surface area (Å²) in [7, 11) is 0. The van der Waals surface area contributed by atoms with Gasteiger partial charge in [0, 0.05) is 9.85 Å². The van der Waals surface area contributed by atoms with Gasteiger partial charge in [0.15, 0.2) is 0 Å². The number of halogens is 3. The largest absolute Gasteiger partial charge is 0.207 e. The summed E-state index contributed by atoms with van der Waals surface area (Å²) < 4.78 is 13.4. The van der Waals surface area contributed by atoms with Gasteiger partial charge < -0.3 is 0 Å². The summed E-state index contributed by atoms with van der Waals surface area (Å²) in [5, 5.41) is 0.538. The summed E-state index contributed by atoms with van der Waals surface area (Å²) in [6.45, 7) is 1.79. The molecule has 2 rings (SSSR count). The third-order valence-corrected chi connectivity index (χ3v) is 5.07.